The first kappa shape index (κ1) is 16.1. The zero-order chi connectivity index (χ0) is 16.1. The number of nitrogens with two attached hydrogens (primary N) is 1. The van der Waals surface area contributed by atoms with Crippen LogP contribution in [0, 0.1) is 6.92 Å². The molecule has 2 N–H and O–H groups in total. The lowest BCUT2D eigenvalue weighted by Crippen LogP contribution is -1.98. The first-order chi connectivity index (χ1) is 11.3. The number of hydrogen-bond acceptors (Lipinski definition) is 6. The summed E-state index contributed by atoms with van der Waals surface area (Å²) in [5.74, 6) is 1.26. The molecule has 0 atom stereocenters. The Morgan fingerprint density at radius 1 is 1.26 bits per heavy atom. The Morgan fingerprint density at radius 2 is 2.17 bits per heavy atom. The van der Waals surface area contributed by atoms with Crippen LogP contribution in [0.1, 0.15) is 35.6 Å². The topological polar surface area (TPSA) is 64.9 Å². The fourth-order valence-corrected chi connectivity index (χ4v) is 3.78. The van der Waals surface area contributed by atoms with Crippen LogP contribution in [0.3, 0.4) is 0 Å². The highest BCUT2D eigenvalue weighted by atomic mass is 32.1. The summed E-state index contributed by atoms with van der Waals surface area (Å²) in [5, 5.41) is 8.23. The summed E-state index contributed by atoms with van der Waals surface area (Å²) >= 11 is 3.34. The fraction of sp³-hybridized carbons (Fsp3) is 0.294. The molecule has 3 aromatic rings. The first-order valence-electron chi connectivity index (χ1n) is 7.60. The van der Waals surface area contributed by atoms with Gasteiger partial charge >= 0.3 is 0 Å². The van der Waals surface area contributed by atoms with Gasteiger partial charge in [-0.25, -0.2) is 0 Å². The Hall–Kier alpha value is -1.76. The zero-order valence-corrected chi connectivity index (χ0v) is 14.6. The molecule has 23 heavy (non-hydrogen) atoms. The van der Waals surface area contributed by atoms with Crippen molar-refractivity contribution in [2.45, 2.75) is 26.2 Å². The van der Waals surface area contributed by atoms with Crippen LogP contribution in [0.4, 0.5) is 0 Å². The van der Waals surface area contributed by atoms with Crippen LogP contribution in [-0.2, 0) is 0 Å². The molecule has 0 saturated carbocycles. The molecule has 0 saturated heterocycles. The van der Waals surface area contributed by atoms with Crippen LogP contribution in [0.25, 0.3) is 22.4 Å². The van der Waals surface area contributed by atoms with Crippen LogP contribution in [0.2, 0.25) is 0 Å². The van der Waals surface area contributed by atoms with Gasteiger partial charge in [-0.15, -0.1) is 22.7 Å². The summed E-state index contributed by atoms with van der Waals surface area (Å²) in [6.45, 7) is 2.82. The van der Waals surface area contributed by atoms with E-state index in [-0.39, 0.29) is 0 Å². The Balaban J connectivity index is 1.89. The number of nitrogens with zero attached hydrogens (tertiary/aromatic N) is 2. The van der Waals surface area contributed by atoms with Crippen molar-refractivity contribution in [2.75, 3.05) is 6.54 Å². The van der Waals surface area contributed by atoms with E-state index < -0.39 is 0 Å². The largest absolute Gasteiger partial charge is 0.334 e. The summed E-state index contributed by atoms with van der Waals surface area (Å²) in [6.07, 6.45) is 5.07. The highest BCUT2D eigenvalue weighted by Crippen LogP contribution is 2.29. The fourth-order valence-electron chi connectivity index (χ4n) is 2.25. The van der Waals surface area contributed by atoms with Gasteiger partial charge in [0.1, 0.15) is 0 Å². The van der Waals surface area contributed by atoms with Gasteiger partial charge in [0, 0.05) is 10.5 Å². The molecule has 4 nitrogen and oxygen atoms in total. The van der Waals surface area contributed by atoms with Gasteiger partial charge in [0.15, 0.2) is 0 Å². The van der Waals surface area contributed by atoms with Gasteiger partial charge in [-0.1, -0.05) is 11.2 Å². The molecule has 0 aliphatic carbocycles. The Bertz CT molecular complexity index is 771. The second-order valence-corrected chi connectivity index (χ2v) is 7.18. The van der Waals surface area contributed by atoms with Crippen molar-refractivity contribution in [3.05, 3.63) is 45.3 Å². The van der Waals surface area contributed by atoms with Crippen molar-refractivity contribution < 1.29 is 4.52 Å². The minimum absolute atomic E-state index is 0.609. The Labute approximate surface area is 143 Å². The predicted octanol–water partition coefficient (Wildman–Crippen LogP) is 4.84. The van der Waals surface area contributed by atoms with E-state index in [0.29, 0.717) is 18.3 Å². The summed E-state index contributed by atoms with van der Waals surface area (Å²) in [5.41, 5.74) is 7.97. The average Bonchev–Trinajstić information content (AvgIpc) is 3.28. The average molecular weight is 345 g/mol. The smallest absolute Gasteiger partial charge is 0.254 e. The number of rotatable bonds is 7. The van der Waals surface area contributed by atoms with E-state index in [0.717, 1.165) is 29.7 Å². The molecule has 3 rings (SSSR count). The number of unbranched alkanes of at least 4 members (excludes halogenated alkanes) is 1. The molecule has 0 bridgehead atoms. The molecule has 0 radical (unpaired) electrons. The number of hydrogen-bond donors (Lipinski definition) is 1. The maximum atomic E-state index is 5.61. The van der Waals surface area contributed by atoms with Gasteiger partial charge in [0.25, 0.3) is 5.89 Å². The lowest BCUT2D eigenvalue weighted by atomic mass is 10.1. The molecule has 0 aliphatic heterocycles. The number of aromatic nitrogens is 2. The quantitative estimate of drug-likeness (QED) is 0.622. The highest BCUT2D eigenvalue weighted by Gasteiger charge is 2.14. The van der Waals surface area contributed by atoms with Crippen LogP contribution in [0.15, 0.2) is 33.5 Å². The van der Waals surface area contributed by atoms with Gasteiger partial charge in [-0.3, -0.25) is 0 Å². The summed E-state index contributed by atoms with van der Waals surface area (Å²) in [6, 6.07) is 6.11. The van der Waals surface area contributed by atoms with Crippen molar-refractivity contribution in [3.8, 4) is 10.7 Å². The van der Waals surface area contributed by atoms with E-state index in [2.05, 4.69) is 34.6 Å². The van der Waals surface area contributed by atoms with Crippen molar-refractivity contribution in [3.63, 3.8) is 0 Å². The molecule has 6 heteroatoms. The molecular weight excluding hydrogens is 326 g/mol. The summed E-state index contributed by atoms with van der Waals surface area (Å²) in [4.78, 5) is 6.84. The molecule has 0 amide bonds. The van der Waals surface area contributed by atoms with Crippen LogP contribution in [0.5, 0.6) is 0 Å². The van der Waals surface area contributed by atoms with Gasteiger partial charge in [0.05, 0.1) is 4.88 Å². The second kappa shape index (κ2) is 7.68. The molecule has 0 aromatic carbocycles. The third-order valence-electron chi connectivity index (χ3n) is 3.55. The SMILES string of the molecule is Cc1ccsc1/C=C(\CCCCN)c1nc(-c2cccs2)no1. The van der Waals surface area contributed by atoms with E-state index in [1.807, 2.05) is 17.5 Å². The predicted molar refractivity (Wildman–Crippen MR) is 97.4 cm³/mol. The van der Waals surface area contributed by atoms with E-state index >= 15 is 0 Å². The van der Waals surface area contributed by atoms with E-state index in [1.54, 1.807) is 22.7 Å². The third kappa shape index (κ3) is 3.96. The van der Waals surface area contributed by atoms with Crippen molar-refractivity contribution in [2.24, 2.45) is 5.73 Å². The van der Waals surface area contributed by atoms with Gasteiger partial charge in [-0.05, 0) is 67.3 Å². The monoisotopic (exact) mass is 345 g/mol. The normalized spacial score (nSPS) is 12.0. The second-order valence-electron chi connectivity index (χ2n) is 5.28. The zero-order valence-electron chi connectivity index (χ0n) is 13.0. The number of aryl methyl sites for hydroxylation is 1. The van der Waals surface area contributed by atoms with E-state index in [9.17, 15) is 0 Å². The molecule has 0 unspecified atom stereocenters. The molecule has 0 aliphatic rings. The van der Waals surface area contributed by atoms with Crippen molar-refractivity contribution >= 4 is 34.3 Å². The van der Waals surface area contributed by atoms with Crippen LogP contribution < -0.4 is 5.73 Å². The summed E-state index contributed by atoms with van der Waals surface area (Å²) < 4.78 is 5.52. The minimum Gasteiger partial charge on any atom is -0.334 e. The molecule has 0 fully saturated rings. The lowest BCUT2D eigenvalue weighted by molar-refractivity contribution is 0.407. The molecule has 3 aromatic heterocycles. The molecular formula is C17H19N3OS2. The Morgan fingerprint density at radius 3 is 2.87 bits per heavy atom. The lowest BCUT2D eigenvalue weighted by Gasteiger charge is -2.02. The third-order valence-corrected chi connectivity index (χ3v) is 5.38. The maximum absolute atomic E-state index is 5.61. The van der Waals surface area contributed by atoms with Crippen LogP contribution in [-0.4, -0.2) is 16.7 Å². The van der Waals surface area contributed by atoms with E-state index in [1.165, 1.54) is 10.4 Å². The number of thiophene rings is 2. The molecule has 0 spiro atoms. The molecule has 120 valence electrons. The van der Waals surface area contributed by atoms with Gasteiger partial charge in [-0.2, -0.15) is 4.98 Å². The number of allylic oxidation sites excluding steroid dienone is 1. The summed E-state index contributed by atoms with van der Waals surface area (Å²) in [7, 11) is 0. The Kier molecular flexibility index (Phi) is 5.38. The standard InChI is InChI=1S/C17H19N3OS2/c1-12-7-10-23-15(12)11-13(5-2-3-8-18)17-19-16(20-21-17)14-6-4-9-22-14/h4,6-7,9-11H,2-3,5,8,18H2,1H3/b13-11+. The highest BCUT2D eigenvalue weighted by molar-refractivity contribution is 7.13. The maximum Gasteiger partial charge on any atom is 0.254 e. The first-order valence-corrected chi connectivity index (χ1v) is 9.36. The minimum atomic E-state index is 0.609. The van der Waals surface area contributed by atoms with Crippen molar-refractivity contribution in [1.29, 1.82) is 0 Å². The van der Waals surface area contributed by atoms with Crippen LogP contribution >= 0.6 is 22.7 Å². The van der Waals surface area contributed by atoms with Gasteiger partial charge in [0.2, 0.25) is 5.82 Å². The van der Waals surface area contributed by atoms with E-state index in [4.69, 9.17) is 10.3 Å². The molecule has 3 heterocycles. The van der Waals surface area contributed by atoms with Gasteiger partial charge < -0.3 is 10.3 Å². The van der Waals surface area contributed by atoms with Crippen molar-refractivity contribution in [1.82, 2.24) is 10.1 Å².